The van der Waals surface area contributed by atoms with Crippen molar-refractivity contribution in [3.63, 3.8) is 0 Å². The summed E-state index contributed by atoms with van der Waals surface area (Å²) in [6, 6.07) is 9.08. The Morgan fingerprint density at radius 1 is 1.21 bits per heavy atom. The summed E-state index contributed by atoms with van der Waals surface area (Å²) < 4.78 is 5.56. The molecule has 3 heterocycles. The van der Waals surface area contributed by atoms with E-state index in [-0.39, 0.29) is 12.0 Å². The number of nitrogens with one attached hydrogen (secondary N) is 1. The smallest absolute Gasteiger partial charge is 0.251 e. The summed E-state index contributed by atoms with van der Waals surface area (Å²) in [4.78, 5) is 23.7. The van der Waals surface area contributed by atoms with Crippen molar-refractivity contribution in [3.05, 3.63) is 29.8 Å². The second-order valence-electron chi connectivity index (χ2n) is 8.16. The molecule has 2 atom stereocenters. The minimum atomic E-state index is -0.219. The van der Waals surface area contributed by atoms with Gasteiger partial charge >= 0.3 is 0 Å². The molecular weight excluding hydrogens is 366 g/mol. The van der Waals surface area contributed by atoms with Crippen molar-refractivity contribution < 1.29 is 9.53 Å². The van der Waals surface area contributed by atoms with Crippen molar-refractivity contribution in [2.24, 2.45) is 4.99 Å². The molecule has 0 aromatic heterocycles. The molecule has 0 aliphatic carbocycles. The average Bonchev–Trinajstić information content (AvgIpc) is 3.44. The van der Waals surface area contributed by atoms with Crippen molar-refractivity contribution in [2.45, 2.75) is 38.3 Å². The highest BCUT2D eigenvalue weighted by molar-refractivity contribution is 5.83. The lowest BCUT2D eigenvalue weighted by Crippen LogP contribution is -2.56. The largest absolute Gasteiger partial charge is 0.368 e. The van der Waals surface area contributed by atoms with E-state index in [0.717, 1.165) is 64.5 Å². The fourth-order valence-electron chi connectivity index (χ4n) is 4.62. The van der Waals surface area contributed by atoms with Crippen LogP contribution in [0.2, 0.25) is 0 Å². The van der Waals surface area contributed by atoms with E-state index in [1.165, 1.54) is 11.3 Å². The van der Waals surface area contributed by atoms with Crippen LogP contribution in [0, 0.1) is 0 Å². The number of anilines is 1. The topological polar surface area (TPSA) is 60.4 Å². The quantitative estimate of drug-likeness (QED) is 0.612. The first-order chi connectivity index (χ1) is 14.2. The Bertz CT molecular complexity index is 738. The van der Waals surface area contributed by atoms with Crippen LogP contribution in [-0.2, 0) is 16.0 Å². The summed E-state index contributed by atoms with van der Waals surface area (Å²) in [6.07, 6.45) is 2.76. The number of piperazine rings is 1. The molecule has 0 saturated carbocycles. The van der Waals surface area contributed by atoms with E-state index in [0.29, 0.717) is 12.6 Å². The van der Waals surface area contributed by atoms with Gasteiger partial charge in [0.2, 0.25) is 0 Å². The van der Waals surface area contributed by atoms with Gasteiger partial charge in [-0.2, -0.15) is 0 Å². The first-order valence-electron chi connectivity index (χ1n) is 10.9. The molecule has 7 heteroatoms. The molecule has 3 aliphatic rings. The average molecular weight is 400 g/mol. The summed E-state index contributed by atoms with van der Waals surface area (Å²) >= 11 is 0. The van der Waals surface area contributed by atoms with Gasteiger partial charge < -0.3 is 24.8 Å². The van der Waals surface area contributed by atoms with Gasteiger partial charge in [0.25, 0.3) is 5.91 Å². The summed E-state index contributed by atoms with van der Waals surface area (Å²) in [5.74, 6) is 1.08. The fourth-order valence-corrected chi connectivity index (χ4v) is 4.62. The van der Waals surface area contributed by atoms with E-state index in [1.807, 2.05) is 11.9 Å². The van der Waals surface area contributed by atoms with Gasteiger partial charge in [-0.3, -0.25) is 9.79 Å². The lowest BCUT2D eigenvalue weighted by Gasteiger charge is -2.38. The maximum atomic E-state index is 12.5. The van der Waals surface area contributed by atoms with Crippen LogP contribution in [-0.4, -0.2) is 86.7 Å². The van der Waals surface area contributed by atoms with Crippen molar-refractivity contribution in [3.8, 4) is 0 Å². The fraction of sp³-hybridized carbons (Fsp3) is 0.636. The minimum absolute atomic E-state index is 0.159. The third-order valence-electron chi connectivity index (χ3n) is 6.32. The van der Waals surface area contributed by atoms with Crippen LogP contribution in [0.4, 0.5) is 5.69 Å². The van der Waals surface area contributed by atoms with Gasteiger partial charge in [0.1, 0.15) is 6.10 Å². The lowest BCUT2D eigenvalue weighted by molar-refractivity contribution is -0.142. The van der Waals surface area contributed by atoms with Gasteiger partial charge in [-0.25, -0.2) is 0 Å². The normalized spacial score (nSPS) is 23.3. The van der Waals surface area contributed by atoms with Crippen LogP contribution >= 0.6 is 0 Å². The summed E-state index contributed by atoms with van der Waals surface area (Å²) in [5, 5.41) is 3.55. The predicted molar refractivity (Wildman–Crippen MR) is 115 cm³/mol. The van der Waals surface area contributed by atoms with Gasteiger partial charge in [-0.15, -0.1) is 0 Å². The van der Waals surface area contributed by atoms with Crippen LogP contribution in [0.5, 0.6) is 0 Å². The third kappa shape index (κ3) is 4.34. The molecule has 1 amide bonds. The maximum Gasteiger partial charge on any atom is 0.251 e. The summed E-state index contributed by atoms with van der Waals surface area (Å²) in [6.45, 7) is 7.97. The predicted octanol–water partition coefficient (Wildman–Crippen LogP) is 1.34. The van der Waals surface area contributed by atoms with E-state index < -0.39 is 0 Å². The maximum absolute atomic E-state index is 12.5. The molecule has 0 bridgehead atoms. The molecule has 3 aliphatic heterocycles. The standard InChI is InChI=1S/C22H33N5O2/c1-17(27-10-9-18-6-3-4-7-19(18)27)16-24-22(23-2)26-13-11-25(12-14-26)21(28)20-8-5-15-29-20/h3-4,6-7,17,20H,5,8-16H2,1-2H3,(H,23,24). The van der Waals surface area contributed by atoms with Crippen molar-refractivity contribution >= 4 is 17.6 Å². The number of nitrogens with zero attached hydrogens (tertiary/aromatic N) is 4. The number of aliphatic imine (C=N–C) groups is 1. The van der Waals surface area contributed by atoms with Crippen LogP contribution in [0.1, 0.15) is 25.3 Å². The first kappa shape index (κ1) is 20.0. The number of rotatable bonds is 4. The Balaban J connectivity index is 1.26. The summed E-state index contributed by atoms with van der Waals surface area (Å²) in [5.41, 5.74) is 2.80. The van der Waals surface area contributed by atoms with E-state index in [4.69, 9.17) is 4.74 Å². The number of amides is 1. The number of carbonyl (C=O) groups is 1. The molecule has 29 heavy (non-hydrogen) atoms. The number of guanidine groups is 1. The zero-order chi connectivity index (χ0) is 20.2. The number of benzene rings is 1. The van der Waals surface area contributed by atoms with Gasteiger partial charge in [0.15, 0.2) is 5.96 Å². The van der Waals surface area contributed by atoms with E-state index in [2.05, 4.69) is 51.3 Å². The number of carbonyl (C=O) groups excluding carboxylic acids is 1. The van der Waals surface area contributed by atoms with Gasteiger partial charge in [-0.05, 0) is 37.8 Å². The van der Waals surface area contributed by atoms with Crippen molar-refractivity contribution in [2.75, 3.05) is 57.8 Å². The molecule has 158 valence electrons. The third-order valence-corrected chi connectivity index (χ3v) is 6.32. The van der Waals surface area contributed by atoms with Gasteiger partial charge in [0.05, 0.1) is 0 Å². The Labute approximate surface area is 173 Å². The van der Waals surface area contributed by atoms with E-state index >= 15 is 0 Å². The Morgan fingerprint density at radius 2 is 1.97 bits per heavy atom. The molecule has 7 nitrogen and oxygen atoms in total. The second kappa shape index (κ2) is 9.03. The number of hydrogen-bond acceptors (Lipinski definition) is 4. The van der Waals surface area contributed by atoms with Crippen molar-refractivity contribution in [1.29, 1.82) is 0 Å². The van der Waals surface area contributed by atoms with Gasteiger partial charge in [-0.1, -0.05) is 18.2 Å². The molecule has 1 N–H and O–H groups in total. The van der Waals surface area contributed by atoms with Crippen LogP contribution in [0.15, 0.2) is 29.3 Å². The first-order valence-corrected chi connectivity index (χ1v) is 10.9. The number of hydrogen-bond donors (Lipinski definition) is 1. The van der Waals surface area contributed by atoms with Crippen LogP contribution in [0.25, 0.3) is 0 Å². The zero-order valence-electron chi connectivity index (χ0n) is 17.6. The highest BCUT2D eigenvalue weighted by atomic mass is 16.5. The SMILES string of the molecule is CN=C(NCC(C)N1CCc2ccccc21)N1CCN(C(=O)C2CCCO2)CC1. The molecule has 0 radical (unpaired) electrons. The zero-order valence-corrected chi connectivity index (χ0v) is 17.6. The van der Waals surface area contributed by atoms with Crippen molar-refractivity contribution in [1.82, 2.24) is 15.1 Å². The molecule has 2 saturated heterocycles. The molecule has 2 fully saturated rings. The second-order valence-corrected chi connectivity index (χ2v) is 8.16. The number of fused-ring (bicyclic) bond motifs is 1. The molecule has 2 unspecified atom stereocenters. The molecule has 0 spiro atoms. The highest BCUT2D eigenvalue weighted by Gasteiger charge is 2.31. The molecule has 4 rings (SSSR count). The Morgan fingerprint density at radius 3 is 2.69 bits per heavy atom. The van der Waals surface area contributed by atoms with Crippen LogP contribution in [0.3, 0.4) is 0 Å². The Kier molecular flexibility index (Phi) is 6.23. The molecule has 1 aromatic rings. The minimum Gasteiger partial charge on any atom is -0.368 e. The number of para-hydroxylation sites is 1. The van der Waals surface area contributed by atoms with E-state index in [9.17, 15) is 4.79 Å². The summed E-state index contributed by atoms with van der Waals surface area (Å²) in [7, 11) is 1.84. The monoisotopic (exact) mass is 399 g/mol. The molecular formula is C22H33N5O2. The van der Waals surface area contributed by atoms with E-state index in [1.54, 1.807) is 0 Å². The van der Waals surface area contributed by atoms with Gasteiger partial charge in [0, 0.05) is 64.7 Å². The molecule has 1 aromatic carbocycles. The van der Waals surface area contributed by atoms with Crippen LogP contribution < -0.4 is 10.2 Å². The highest BCUT2D eigenvalue weighted by Crippen LogP contribution is 2.28. The lowest BCUT2D eigenvalue weighted by atomic mass is 10.2. The number of ether oxygens (including phenoxy) is 1. The Hall–Kier alpha value is -2.28.